The third-order valence-electron chi connectivity index (χ3n) is 2.49. The molecule has 0 aliphatic rings. The summed E-state index contributed by atoms with van der Waals surface area (Å²) in [6, 6.07) is -0.0749. The van der Waals surface area contributed by atoms with Crippen LogP contribution in [-0.4, -0.2) is 33.2 Å². The maximum atomic E-state index is 6.08. The SMILES string of the molecule is CCOC(C)(C)C(N)Cc1cn(C)nn1. The highest BCUT2D eigenvalue weighted by molar-refractivity contribution is 4.99. The average molecular weight is 212 g/mol. The summed E-state index contributed by atoms with van der Waals surface area (Å²) in [5.41, 5.74) is 6.65. The molecular weight excluding hydrogens is 192 g/mol. The van der Waals surface area contributed by atoms with Gasteiger partial charge in [0.1, 0.15) is 0 Å². The lowest BCUT2D eigenvalue weighted by molar-refractivity contribution is -0.0290. The summed E-state index contributed by atoms with van der Waals surface area (Å²) in [6.45, 7) is 6.63. The average Bonchev–Trinajstić information content (AvgIpc) is 2.51. The second-order valence-electron chi connectivity index (χ2n) is 4.23. The Hall–Kier alpha value is -0.940. The normalized spacial score (nSPS) is 14.2. The van der Waals surface area contributed by atoms with Gasteiger partial charge in [0.2, 0.25) is 0 Å². The molecule has 1 atom stereocenters. The Bertz CT molecular complexity index is 308. The van der Waals surface area contributed by atoms with Crippen molar-refractivity contribution < 1.29 is 4.74 Å². The third kappa shape index (κ3) is 3.28. The van der Waals surface area contributed by atoms with Crippen molar-refractivity contribution in [1.29, 1.82) is 0 Å². The van der Waals surface area contributed by atoms with E-state index in [-0.39, 0.29) is 11.6 Å². The van der Waals surface area contributed by atoms with Crippen LogP contribution in [0.5, 0.6) is 0 Å². The van der Waals surface area contributed by atoms with Crippen LogP contribution >= 0.6 is 0 Å². The first kappa shape index (κ1) is 12.1. The van der Waals surface area contributed by atoms with Gasteiger partial charge in [-0.15, -0.1) is 5.10 Å². The zero-order valence-corrected chi connectivity index (χ0v) is 9.90. The Morgan fingerprint density at radius 1 is 1.60 bits per heavy atom. The fraction of sp³-hybridized carbons (Fsp3) is 0.800. The summed E-state index contributed by atoms with van der Waals surface area (Å²) < 4.78 is 7.27. The molecule has 0 saturated heterocycles. The molecule has 0 bridgehead atoms. The summed E-state index contributed by atoms with van der Waals surface area (Å²) in [5, 5.41) is 7.87. The molecule has 86 valence electrons. The molecule has 0 radical (unpaired) electrons. The summed E-state index contributed by atoms with van der Waals surface area (Å²) in [6.07, 6.45) is 2.56. The molecule has 0 saturated carbocycles. The molecule has 0 aliphatic carbocycles. The second-order valence-corrected chi connectivity index (χ2v) is 4.23. The van der Waals surface area contributed by atoms with Crippen molar-refractivity contribution in [2.45, 2.75) is 38.8 Å². The van der Waals surface area contributed by atoms with Gasteiger partial charge < -0.3 is 10.5 Å². The van der Waals surface area contributed by atoms with Crippen LogP contribution in [0.3, 0.4) is 0 Å². The highest BCUT2D eigenvalue weighted by atomic mass is 16.5. The summed E-state index contributed by atoms with van der Waals surface area (Å²) >= 11 is 0. The minimum atomic E-state index is -0.327. The molecule has 0 fully saturated rings. The Morgan fingerprint density at radius 3 is 2.73 bits per heavy atom. The Kier molecular flexibility index (Phi) is 3.82. The van der Waals surface area contributed by atoms with Crippen LogP contribution < -0.4 is 5.73 Å². The van der Waals surface area contributed by atoms with Gasteiger partial charge in [-0.05, 0) is 20.8 Å². The van der Waals surface area contributed by atoms with E-state index in [1.807, 2.05) is 34.0 Å². The van der Waals surface area contributed by atoms with Crippen LogP contribution in [0.15, 0.2) is 6.20 Å². The number of ether oxygens (including phenoxy) is 1. The molecule has 0 amide bonds. The lowest BCUT2D eigenvalue weighted by Crippen LogP contribution is -2.46. The van der Waals surface area contributed by atoms with Crippen LogP contribution in [0.1, 0.15) is 26.5 Å². The molecule has 1 aromatic heterocycles. The van der Waals surface area contributed by atoms with Crippen LogP contribution in [0, 0.1) is 0 Å². The molecule has 1 heterocycles. The first-order valence-corrected chi connectivity index (χ1v) is 5.20. The van der Waals surface area contributed by atoms with E-state index in [1.54, 1.807) is 4.68 Å². The number of aromatic nitrogens is 3. The van der Waals surface area contributed by atoms with Gasteiger partial charge in [-0.25, -0.2) is 0 Å². The fourth-order valence-electron chi connectivity index (χ4n) is 1.44. The van der Waals surface area contributed by atoms with Crippen molar-refractivity contribution in [3.05, 3.63) is 11.9 Å². The molecule has 15 heavy (non-hydrogen) atoms. The van der Waals surface area contributed by atoms with Gasteiger partial charge in [-0.2, -0.15) is 0 Å². The lowest BCUT2D eigenvalue weighted by Gasteiger charge is -2.30. The van der Waals surface area contributed by atoms with Gasteiger partial charge in [-0.1, -0.05) is 5.21 Å². The summed E-state index contributed by atoms with van der Waals surface area (Å²) in [5.74, 6) is 0. The predicted octanol–water partition coefficient (Wildman–Crippen LogP) is 0.500. The Labute approximate surface area is 90.6 Å². The number of rotatable bonds is 5. The number of nitrogens with zero attached hydrogens (tertiary/aromatic N) is 3. The fourth-order valence-corrected chi connectivity index (χ4v) is 1.44. The first-order valence-electron chi connectivity index (χ1n) is 5.20. The molecule has 1 unspecified atom stereocenters. The van der Waals surface area contributed by atoms with Crippen LogP contribution in [-0.2, 0) is 18.2 Å². The van der Waals surface area contributed by atoms with Gasteiger partial charge in [0.05, 0.1) is 11.3 Å². The molecular formula is C10H20N4O. The number of aryl methyl sites for hydroxylation is 1. The Morgan fingerprint density at radius 2 is 2.27 bits per heavy atom. The molecule has 5 heteroatoms. The molecule has 1 aromatic rings. The quantitative estimate of drug-likeness (QED) is 0.772. The van der Waals surface area contributed by atoms with E-state index in [0.29, 0.717) is 13.0 Å². The molecule has 0 spiro atoms. The second kappa shape index (κ2) is 4.72. The topological polar surface area (TPSA) is 66.0 Å². The van der Waals surface area contributed by atoms with Gasteiger partial charge in [-0.3, -0.25) is 4.68 Å². The minimum Gasteiger partial charge on any atom is -0.374 e. The van der Waals surface area contributed by atoms with E-state index in [9.17, 15) is 0 Å². The Balaban J connectivity index is 2.58. The van der Waals surface area contributed by atoms with E-state index in [0.717, 1.165) is 5.69 Å². The van der Waals surface area contributed by atoms with E-state index in [2.05, 4.69) is 10.3 Å². The van der Waals surface area contributed by atoms with E-state index in [4.69, 9.17) is 10.5 Å². The summed E-state index contributed by atoms with van der Waals surface area (Å²) in [4.78, 5) is 0. The van der Waals surface area contributed by atoms with Crippen molar-refractivity contribution in [1.82, 2.24) is 15.0 Å². The van der Waals surface area contributed by atoms with Crippen LogP contribution in [0.2, 0.25) is 0 Å². The monoisotopic (exact) mass is 212 g/mol. The molecule has 0 aliphatic heterocycles. The zero-order chi connectivity index (χ0) is 11.5. The van der Waals surface area contributed by atoms with E-state index >= 15 is 0 Å². The predicted molar refractivity (Wildman–Crippen MR) is 58.4 cm³/mol. The molecule has 5 nitrogen and oxygen atoms in total. The van der Waals surface area contributed by atoms with E-state index < -0.39 is 0 Å². The largest absolute Gasteiger partial charge is 0.374 e. The van der Waals surface area contributed by atoms with Gasteiger partial charge in [0, 0.05) is 32.3 Å². The number of nitrogens with two attached hydrogens (primary N) is 1. The summed E-state index contributed by atoms with van der Waals surface area (Å²) in [7, 11) is 1.84. The van der Waals surface area contributed by atoms with Gasteiger partial charge >= 0.3 is 0 Å². The molecule has 2 N–H and O–H groups in total. The third-order valence-corrected chi connectivity index (χ3v) is 2.49. The van der Waals surface area contributed by atoms with Gasteiger partial charge in [0.15, 0.2) is 0 Å². The van der Waals surface area contributed by atoms with Crippen molar-refractivity contribution in [3.8, 4) is 0 Å². The smallest absolute Gasteiger partial charge is 0.0843 e. The molecule has 1 rings (SSSR count). The van der Waals surface area contributed by atoms with Crippen LogP contribution in [0.4, 0.5) is 0 Å². The standard InChI is InChI=1S/C10H20N4O/c1-5-15-10(2,3)9(11)6-8-7-14(4)13-12-8/h7,9H,5-6,11H2,1-4H3. The maximum Gasteiger partial charge on any atom is 0.0843 e. The van der Waals surface area contributed by atoms with Crippen molar-refractivity contribution in [3.63, 3.8) is 0 Å². The lowest BCUT2D eigenvalue weighted by atomic mass is 9.95. The molecule has 0 aromatic carbocycles. The number of hydrogen-bond donors (Lipinski definition) is 1. The number of hydrogen-bond acceptors (Lipinski definition) is 4. The highest BCUT2D eigenvalue weighted by Gasteiger charge is 2.27. The first-order chi connectivity index (χ1) is 6.95. The highest BCUT2D eigenvalue weighted by Crippen LogP contribution is 2.15. The van der Waals surface area contributed by atoms with Crippen molar-refractivity contribution in [2.75, 3.05) is 6.61 Å². The van der Waals surface area contributed by atoms with Gasteiger partial charge in [0.25, 0.3) is 0 Å². The maximum absolute atomic E-state index is 6.08. The van der Waals surface area contributed by atoms with Crippen molar-refractivity contribution in [2.24, 2.45) is 12.8 Å². The minimum absolute atomic E-state index is 0.0749. The van der Waals surface area contributed by atoms with E-state index in [1.165, 1.54) is 0 Å². The van der Waals surface area contributed by atoms with Crippen LogP contribution in [0.25, 0.3) is 0 Å². The van der Waals surface area contributed by atoms with Crippen molar-refractivity contribution >= 4 is 0 Å². The zero-order valence-electron chi connectivity index (χ0n) is 9.90.